The van der Waals surface area contributed by atoms with Gasteiger partial charge in [-0.1, -0.05) is 0 Å². The molecule has 6 nitrogen and oxygen atoms in total. The fourth-order valence-corrected chi connectivity index (χ4v) is 3.06. The molecule has 0 bridgehead atoms. The van der Waals surface area contributed by atoms with E-state index in [1.807, 2.05) is 20.8 Å². The topological polar surface area (TPSA) is 70.2 Å². The normalized spacial score (nSPS) is 25.9. The summed E-state index contributed by atoms with van der Waals surface area (Å²) in [5.41, 5.74) is 1.60. The SMILES string of the molecule is CC(C)(C)OC(=O)N1CC[C@@]2(C1)NCCc1[nH]cnc12. The number of H-pyrrole nitrogens is 1. The third-order valence-corrected chi connectivity index (χ3v) is 3.93. The molecular formula is C14H22N4O2. The van der Waals surface area contributed by atoms with Gasteiger partial charge in [-0.3, -0.25) is 0 Å². The van der Waals surface area contributed by atoms with Gasteiger partial charge in [-0.2, -0.15) is 0 Å². The zero-order chi connectivity index (χ0) is 14.4. The monoisotopic (exact) mass is 278 g/mol. The molecule has 0 unspecified atom stereocenters. The number of carbonyl (C=O) groups excluding carboxylic acids is 1. The van der Waals surface area contributed by atoms with Gasteiger partial charge in [-0.05, 0) is 27.2 Å². The van der Waals surface area contributed by atoms with Crippen LogP contribution in [0.15, 0.2) is 6.33 Å². The first kappa shape index (κ1) is 13.4. The van der Waals surface area contributed by atoms with Gasteiger partial charge in [0.15, 0.2) is 0 Å². The number of carbonyl (C=O) groups is 1. The van der Waals surface area contributed by atoms with Crippen LogP contribution in [-0.4, -0.2) is 46.2 Å². The molecule has 1 fully saturated rings. The van der Waals surface area contributed by atoms with E-state index >= 15 is 0 Å². The Morgan fingerprint density at radius 2 is 2.30 bits per heavy atom. The Kier molecular flexibility index (Phi) is 3.01. The Morgan fingerprint density at radius 1 is 1.50 bits per heavy atom. The van der Waals surface area contributed by atoms with Crippen molar-refractivity contribution in [1.82, 2.24) is 20.2 Å². The smallest absolute Gasteiger partial charge is 0.410 e. The molecule has 1 amide bonds. The van der Waals surface area contributed by atoms with Crippen LogP contribution in [-0.2, 0) is 16.7 Å². The molecule has 20 heavy (non-hydrogen) atoms. The molecule has 0 aromatic carbocycles. The molecule has 1 saturated heterocycles. The summed E-state index contributed by atoms with van der Waals surface area (Å²) in [5.74, 6) is 0. The van der Waals surface area contributed by atoms with Crippen LogP contribution >= 0.6 is 0 Å². The van der Waals surface area contributed by atoms with Crippen LogP contribution < -0.4 is 5.32 Å². The lowest BCUT2D eigenvalue weighted by molar-refractivity contribution is 0.0278. The van der Waals surface area contributed by atoms with Gasteiger partial charge in [-0.25, -0.2) is 9.78 Å². The third kappa shape index (κ3) is 2.28. The number of imidazole rings is 1. The largest absolute Gasteiger partial charge is 0.444 e. The van der Waals surface area contributed by atoms with Crippen LogP contribution in [0, 0.1) is 0 Å². The number of ether oxygens (including phenoxy) is 1. The molecular weight excluding hydrogens is 256 g/mol. The number of fused-ring (bicyclic) bond motifs is 2. The second-order valence-electron chi connectivity index (χ2n) is 6.64. The quantitative estimate of drug-likeness (QED) is 0.752. The Bertz CT molecular complexity index is 519. The summed E-state index contributed by atoms with van der Waals surface area (Å²) in [5, 5.41) is 3.55. The molecule has 1 aromatic rings. The van der Waals surface area contributed by atoms with Gasteiger partial charge in [0, 0.05) is 31.7 Å². The van der Waals surface area contributed by atoms with E-state index in [1.54, 1.807) is 11.2 Å². The van der Waals surface area contributed by atoms with Crippen molar-refractivity contribution >= 4 is 6.09 Å². The lowest BCUT2D eigenvalue weighted by atomic mass is 9.89. The molecule has 0 aliphatic carbocycles. The van der Waals surface area contributed by atoms with Crippen LogP contribution in [0.1, 0.15) is 38.6 Å². The highest BCUT2D eigenvalue weighted by molar-refractivity contribution is 5.69. The highest BCUT2D eigenvalue weighted by Gasteiger charge is 2.46. The number of rotatable bonds is 0. The molecule has 2 aliphatic heterocycles. The van der Waals surface area contributed by atoms with Gasteiger partial charge in [0.05, 0.1) is 17.6 Å². The Hall–Kier alpha value is -1.56. The molecule has 2 N–H and O–H groups in total. The minimum Gasteiger partial charge on any atom is -0.444 e. The summed E-state index contributed by atoms with van der Waals surface area (Å²) < 4.78 is 5.46. The van der Waals surface area contributed by atoms with Gasteiger partial charge in [0.1, 0.15) is 5.60 Å². The average molecular weight is 278 g/mol. The summed E-state index contributed by atoms with van der Waals surface area (Å²) in [4.78, 5) is 21.6. The van der Waals surface area contributed by atoms with Crippen LogP contribution in [0.5, 0.6) is 0 Å². The third-order valence-electron chi connectivity index (χ3n) is 3.93. The van der Waals surface area contributed by atoms with Crippen molar-refractivity contribution in [3.63, 3.8) is 0 Å². The van der Waals surface area contributed by atoms with E-state index in [2.05, 4.69) is 15.3 Å². The summed E-state index contributed by atoms with van der Waals surface area (Å²) >= 11 is 0. The van der Waals surface area contributed by atoms with E-state index in [4.69, 9.17) is 4.74 Å². The van der Waals surface area contributed by atoms with Gasteiger partial charge in [-0.15, -0.1) is 0 Å². The van der Waals surface area contributed by atoms with Crippen molar-refractivity contribution in [3.8, 4) is 0 Å². The summed E-state index contributed by atoms with van der Waals surface area (Å²) in [7, 11) is 0. The Balaban J connectivity index is 1.76. The van der Waals surface area contributed by atoms with E-state index < -0.39 is 5.60 Å². The number of nitrogens with zero attached hydrogens (tertiary/aromatic N) is 2. The minimum absolute atomic E-state index is 0.204. The number of hydrogen-bond acceptors (Lipinski definition) is 4. The van der Waals surface area contributed by atoms with Gasteiger partial charge in [0.25, 0.3) is 0 Å². The van der Waals surface area contributed by atoms with Crippen molar-refractivity contribution in [2.45, 2.75) is 44.8 Å². The molecule has 0 radical (unpaired) electrons. The standard InChI is InChI=1S/C14H22N4O2/c1-13(2,3)20-12(19)18-7-5-14(8-18)11-10(4-6-17-14)15-9-16-11/h9,17H,4-8H2,1-3H3,(H,15,16)/t14-/m0/s1. The highest BCUT2D eigenvalue weighted by Crippen LogP contribution is 2.35. The zero-order valence-corrected chi connectivity index (χ0v) is 12.3. The fraction of sp³-hybridized carbons (Fsp3) is 0.714. The zero-order valence-electron chi connectivity index (χ0n) is 12.3. The molecule has 1 aromatic heterocycles. The molecule has 110 valence electrons. The van der Waals surface area contributed by atoms with Crippen LogP contribution in [0.4, 0.5) is 4.79 Å². The van der Waals surface area contributed by atoms with Crippen molar-refractivity contribution in [3.05, 3.63) is 17.7 Å². The molecule has 1 atom stereocenters. The molecule has 3 heterocycles. The lowest BCUT2D eigenvalue weighted by Gasteiger charge is -2.34. The van der Waals surface area contributed by atoms with Crippen molar-refractivity contribution < 1.29 is 9.53 Å². The van der Waals surface area contributed by atoms with Gasteiger partial charge in [0.2, 0.25) is 0 Å². The van der Waals surface area contributed by atoms with Crippen LogP contribution in [0.3, 0.4) is 0 Å². The predicted octanol–water partition coefficient (Wildman–Crippen LogP) is 1.39. The maximum absolute atomic E-state index is 12.2. The maximum atomic E-state index is 12.2. The number of hydrogen-bond donors (Lipinski definition) is 2. The second kappa shape index (κ2) is 4.48. The van der Waals surface area contributed by atoms with Crippen LogP contribution in [0.2, 0.25) is 0 Å². The number of amides is 1. The van der Waals surface area contributed by atoms with Crippen molar-refractivity contribution in [2.24, 2.45) is 0 Å². The molecule has 6 heteroatoms. The second-order valence-corrected chi connectivity index (χ2v) is 6.64. The Morgan fingerprint density at radius 3 is 3.05 bits per heavy atom. The summed E-state index contributed by atoms with van der Waals surface area (Å²) in [6.45, 7) is 7.91. The average Bonchev–Trinajstić information content (AvgIpc) is 2.95. The minimum atomic E-state index is -0.454. The summed E-state index contributed by atoms with van der Waals surface area (Å²) in [6.07, 6.45) is 3.35. The van der Waals surface area contributed by atoms with Gasteiger partial charge < -0.3 is 19.9 Å². The van der Waals surface area contributed by atoms with Crippen molar-refractivity contribution in [2.75, 3.05) is 19.6 Å². The number of aromatic amines is 1. The number of aromatic nitrogens is 2. The molecule has 0 saturated carbocycles. The molecule has 2 aliphatic rings. The van der Waals surface area contributed by atoms with E-state index in [0.29, 0.717) is 13.1 Å². The van der Waals surface area contributed by atoms with Gasteiger partial charge >= 0.3 is 6.09 Å². The Labute approximate surface area is 118 Å². The van der Waals surface area contributed by atoms with E-state index in [0.717, 1.165) is 25.1 Å². The first-order chi connectivity index (χ1) is 9.40. The number of nitrogens with one attached hydrogen (secondary N) is 2. The summed E-state index contributed by atoms with van der Waals surface area (Å²) in [6, 6.07) is 0. The molecule has 1 spiro atoms. The van der Waals surface area contributed by atoms with Crippen LogP contribution in [0.25, 0.3) is 0 Å². The maximum Gasteiger partial charge on any atom is 0.410 e. The lowest BCUT2D eigenvalue weighted by Crippen LogP contribution is -2.50. The first-order valence-electron chi connectivity index (χ1n) is 7.15. The highest BCUT2D eigenvalue weighted by atomic mass is 16.6. The van der Waals surface area contributed by atoms with E-state index in [9.17, 15) is 4.79 Å². The predicted molar refractivity (Wildman–Crippen MR) is 74.4 cm³/mol. The molecule has 3 rings (SSSR count). The van der Waals surface area contributed by atoms with E-state index in [1.165, 1.54) is 5.69 Å². The van der Waals surface area contributed by atoms with E-state index in [-0.39, 0.29) is 11.6 Å². The van der Waals surface area contributed by atoms with Crippen molar-refractivity contribution in [1.29, 1.82) is 0 Å². The first-order valence-corrected chi connectivity index (χ1v) is 7.15. The fourth-order valence-electron chi connectivity index (χ4n) is 3.06. The number of likely N-dealkylation sites (tertiary alicyclic amines) is 1.